The number of nitrogens with one attached hydrogen (secondary N) is 1. The van der Waals surface area contributed by atoms with Gasteiger partial charge < -0.3 is 9.73 Å². The van der Waals surface area contributed by atoms with Crippen molar-refractivity contribution in [2.45, 2.75) is 39.8 Å². The fourth-order valence-corrected chi connectivity index (χ4v) is 3.81. The Balaban J connectivity index is 1.74. The summed E-state index contributed by atoms with van der Waals surface area (Å²) >= 11 is 0. The number of benzene rings is 2. The van der Waals surface area contributed by atoms with Crippen LogP contribution >= 0.6 is 0 Å². The fourth-order valence-electron chi connectivity index (χ4n) is 3.81. The highest BCUT2D eigenvalue weighted by Crippen LogP contribution is 2.30. The van der Waals surface area contributed by atoms with Crippen LogP contribution in [0.1, 0.15) is 37.6 Å². The van der Waals surface area contributed by atoms with E-state index >= 15 is 0 Å². The SMILES string of the molecule is Cc1ccc(N(C(=O)Cn2nnc3ccccc32)[C@@H](C(=O)NCCC(C)C)c2ccco2)cc1F. The van der Waals surface area contributed by atoms with Gasteiger partial charge in [-0.25, -0.2) is 9.07 Å². The summed E-state index contributed by atoms with van der Waals surface area (Å²) in [5.74, 6) is -0.709. The van der Waals surface area contributed by atoms with Crippen molar-refractivity contribution >= 4 is 28.5 Å². The molecule has 0 bridgehead atoms. The summed E-state index contributed by atoms with van der Waals surface area (Å²) in [4.78, 5) is 28.4. The molecule has 0 saturated carbocycles. The molecule has 1 atom stereocenters. The molecule has 0 unspecified atom stereocenters. The first-order valence-electron chi connectivity index (χ1n) is 11.5. The first-order valence-corrected chi connectivity index (χ1v) is 11.5. The Morgan fingerprint density at radius 1 is 1.14 bits per heavy atom. The lowest BCUT2D eigenvalue weighted by molar-refractivity contribution is -0.127. The number of aromatic nitrogens is 3. The molecule has 9 heteroatoms. The maximum Gasteiger partial charge on any atom is 0.251 e. The van der Waals surface area contributed by atoms with E-state index in [9.17, 15) is 14.0 Å². The summed E-state index contributed by atoms with van der Waals surface area (Å²) in [6.07, 6.45) is 2.21. The van der Waals surface area contributed by atoms with E-state index in [2.05, 4.69) is 29.5 Å². The minimum atomic E-state index is -1.14. The number of nitrogens with zero attached hydrogens (tertiary/aromatic N) is 4. The van der Waals surface area contributed by atoms with Crippen LogP contribution in [0.5, 0.6) is 0 Å². The highest BCUT2D eigenvalue weighted by Gasteiger charge is 2.35. The van der Waals surface area contributed by atoms with Crippen LogP contribution < -0.4 is 10.2 Å². The lowest BCUT2D eigenvalue weighted by atomic mass is 10.1. The molecule has 0 aliphatic rings. The van der Waals surface area contributed by atoms with Gasteiger partial charge in [0.05, 0.1) is 11.8 Å². The second-order valence-corrected chi connectivity index (χ2v) is 8.82. The third kappa shape index (κ3) is 5.40. The zero-order valence-electron chi connectivity index (χ0n) is 19.9. The molecule has 8 nitrogen and oxygen atoms in total. The van der Waals surface area contributed by atoms with Crippen molar-refractivity contribution in [3.05, 3.63) is 78.0 Å². The van der Waals surface area contributed by atoms with Crippen LogP contribution in [0.4, 0.5) is 10.1 Å². The van der Waals surface area contributed by atoms with Crippen molar-refractivity contribution in [2.75, 3.05) is 11.4 Å². The molecule has 1 N–H and O–H groups in total. The van der Waals surface area contributed by atoms with Gasteiger partial charge in [0, 0.05) is 12.2 Å². The van der Waals surface area contributed by atoms with Crippen LogP contribution in [0.15, 0.2) is 65.3 Å². The van der Waals surface area contributed by atoms with Crippen molar-refractivity contribution in [3.8, 4) is 0 Å². The molecule has 182 valence electrons. The van der Waals surface area contributed by atoms with Crippen LogP contribution in [-0.4, -0.2) is 33.4 Å². The molecule has 4 rings (SSSR count). The van der Waals surface area contributed by atoms with E-state index in [4.69, 9.17) is 4.42 Å². The number of aryl methyl sites for hydroxylation is 1. The Kier molecular flexibility index (Phi) is 7.24. The molecule has 0 fully saturated rings. The van der Waals surface area contributed by atoms with Crippen molar-refractivity contribution in [1.82, 2.24) is 20.3 Å². The fraction of sp³-hybridized carbons (Fsp3) is 0.308. The predicted molar refractivity (Wildman–Crippen MR) is 130 cm³/mol. The van der Waals surface area contributed by atoms with Crippen LogP contribution in [0.25, 0.3) is 11.0 Å². The second kappa shape index (κ2) is 10.5. The van der Waals surface area contributed by atoms with Gasteiger partial charge in [-0.3, -0.25) is 14.5 Å². The Bertz CT molecular complexity index is 1320. The van der Waals surface area contributed by atoms with Crippen LogP contribution in [0, 0.1) is 18.7 Å². The Labute approximate surface area is 202 Å². The lowest BCUT2D eigenvalue weighted by Gasteiger charge is -2.30. The van der Waals surface area contributed by atoms with E-state index in [1.54, 1.807) is 43.3 Å². The molecule has 0 aliphatic carbocycles. The van der Waals surface area contributed by atoms with E-state index in [-0.39, 0.29) is 18.0 Å². The molecule has 0 radical (unpaired) electrons. The maximum absolute atomic E-state index is 14.6. The van der Waals surface area contributed by atoms with Gasteiger partial charge >= 0.3 is 0 Å². The number of anilines is 1. The van der Waals surface area contributed by atoms with Gasteiger partial charge in [0.25, 0.3) is 5.91 Å². The van der Waals surface area contributed by atoms with Gasteiger partial charge in [0.2, 0.25) is 5.91 Å². The highest BCUT2D eigenvalue weighted by molar-refractivity contribution is 6.01. The Morgan fingerprint density at radius 2 is 1.94 bits per heavy atom. The number of rotatable bonds is 9. The molecular weight excluding hydrogens is 449 g/mol. The molecule has 2 aromatic carbocycles. The molecular formula is C26H28FN5O3. The topological polar surface area (TPSA) is 93.3 Å². The van der Waals surface area contributed by atoms with E-state index in [1.807, 2.05) is 12.1 Å². The summed E-state index contributed by atoms with van der Waals surface area (Å²) in [5.41, 5.74) is 1.98. The average molecular weight is 478 g/mol. The summed E-state index contributed by atoms with van der Waals surface area (Å²) in [6, 6.07) is 13.8. The molecule has 0 aliphatic heterocycles. The Morgan fingerprint density at radius 3 is 2.66 bits per heavy atom. The van der Waals surface area contributed by atoms with Crippen molar-refractivity contribution in [2.24, 2.45) is 5.92 Å². The predicted octanol–water partition coefficient (Wildman–Crippen LogP) is 4.41. The molecule has 0 spiro atoms. The number of halogens is 1. The van der Waals surface area contributed by atoms with E-state index in [0.717, 1.165) is 6.42 Å². The largest absolute Gasteiger partial charge is 0.467 e. The number of hydrogen-bond acceptors (Lipinski definition) is 5. The molecule has 35 heavy (non-hydrogen) atoms. The smallest absolute Gasteiger partial charge is 0.251 e. The zero-order valence-corrected chi connectivity index (χ0v) is 19.9. The first-order chi connectivity index (χ1) is 16.8. The lowest BCUT2D eigenvalue weighted by Crippen LogP contribution is -2.45. The van der Waals surface area contributed by atoms with Gasteiger partial charge in [-0.1, -0.05) is 37.3 Å². The van der Waals surface area contributed by atoms with Gasteiger partial charge in [-0.05, 0) is 61.2 Å². The summed E-state index contributed by atoms with van der Waals surface area (Å²) in [5, 5.41) is 11.1. The zero-order chi connectivity index (χ0) is 24.9. The number of amides is 2. The second-order valence-electron chi connectivity index (χ2n) is 8.82. The summed E-state index contributed by atoms with van der Waals surface area (Å²) < 4.78 is 21.6. The number of para-hydroxylation sites is 1. The Hall–Kier alpha value is -4.01. The van der Waals surface area contributed by atoms with Crippen LogP contribution in [0.3, 0.4) is 0 Å². The molecule has 0 saturated heterocycles. The molecule has 2 heterocycles. The van der Waals surface area contributed by atoms with Gasteiger partial charge in [-0.2, -0.15) is 0 Å². The molecule has 2 amide bonds. The van der Waals surface area contributed by atoms with Gasteiger partial charge in [0.15, 0.2) is 6.04 Å². The third-order valence-corrected chi connectivity index (χ3v) is 5.75. The average Bonchev–Trinajstić information content (AvgIpc) is 3.49. The van der Waals surface area contributed by atoms with Crippen molar-refractivity contribution < 1.29 is 18.4 Å². The minimum absolute atomic E-state index is 0.202. The van der Waals surface area contributed by atoms with Gasteiger partial charge in [0.1, 0.15) is 23.6 Å². The van der Waals surface area contributed by atoms with Crippen LogP contribution in [0.2, 0.25) is 0 Å². The first kappa shape index (κ1) is 24.1. The van der Waals surface area contributed by atoms with Crippen molar-refractivity contribution in [3.63, 3.8) is 0 Å². The van der Waals surface area contributed by atoms with E-state index in [0.29, 0.717) is 29.1 Å². The number of furan rings is 1. The molecule has 2 aromatic heterocycles. The third-order valence-electron chi connectivity index (χ3n) is 5.75. The number of hydrogen-bond donors (Lipinski definition) is 1. The van der Waals surface area contributed by atoms with E-state index < -0.39 is 23.7 Å². The molecule has 4 aromatic rings. The summed E-state index contributed by atoms with van der Waals surface area (Å²) in [7, 11) is 0. The standard InChI is InChI=1S/C26H28FN5O3/c1-17(2)12-13-28-26(34)25(23-9-6-14-35-23)32(19-11-10-18(3)20(27)15-19)24(33)16-31-22-8-5-4-7-21(22)29-30-31/h4-11,14-15,17,25H,12-13,16H2,1-3H3,(H,28,34)/t25-/m1/s1. The van der Waals surface area contributed by atoms with E-state index in [1.165, 1.54) is 21.9 Å². The van der Waals surface area contributed by atoms with Crippen LogP contribution in [-0.2, 0) is 16.1 Å². The maximum atomic E-state index is 14.6. The normalized spacial score (nSPS) is 12.1. The summed E-state index contributed by atoms with van der Waals surface area (Å²) in [6.45, 7) is 5.99. The number of carbonyl (C=O) groups excluding carboxylic acids is 2. The monoisotopic (exact) mass is 477 g/mol. The number of fused-ring (bicyclic) bond motifs is 1. The quantitative estimate of drug-likeness (QED) is 0.386. The number of carbonyl (C=O) groups is 2. The van der Waals surface area contributed by atoms with Gasteiger partial charge in [-0.15, -0.1) is 5.10 Å². The van der Waals surface area contributed by atoms with Crippen molar-refractivity contribution in [1.29, 1.82) is 0 Å². The highest BCUT2D eigenvalue weighted by atomic mass is 19.1. The minimum Gasteiger partial charge on any atom is -0.467 e.